The van der Waals surface area contributed by atoms with E-state index in [0.717, 1.165) is 11.4 Å². The Labute approximate surface area is 135 Å². The summed E-state index contributed by atoms with van der Waals surface area (Å²) in [5, 5.41) is 0. The normalized spacial score (nSPS) is 10.6. The summed E-state index contributed by atoms with van der Waals surface area (Å²) in [6.45, 7) is 0. The number of halogens is 1. The van der Waals surface area contributed by atoms with Crippen molar-refractivity contribution in [3.05, 3.63) is 50.9 Å². The number of hydrogen-bond donors (Lipinski definition) is 0. The molecule has 0 atom stereocenters. The highest BCUT2D eigenvalue weighted by atomic mass is 79.9. The zero-order valence-electron chi connectivity index (χ0n) is 11.7. The third-order valence-electron chi connectivity index (χ3n) is 3.01. The molecular weight excluding hydrogens is 356 g/mol. The molecule has 112 valence electrons. The van der Waals surface area contributed by atoms with Gasteiger partial charge in [-0.2, -0.15) is 0 Å². The summed E-state index contributed by atoms with van der Waals surface area (Å²) in [6, 6.07) is 9.42. The van der Waals surface area contributed by atoms with Gasteiger partial charge in [0.05, 0.1) is 24.2 Å². The molecule has 0 aliphatic heterocycles. The third-order valence-corrected chi connectivity index (χ3v) is 4.73. The van der Waals surface area contributed by atoms with Crippen LogP contribution in [-0.2, 0) is 22.3 Å². The van der Waals surface area contributed by atoms with Crippen molar-refractivity contribution in [2.75, 3.05) is 12.9 Å². The van der Waals surface area contributed by atoms with Gasteiger partial charge in [-0.1, -0.05) is 18.2 Å². The molecule has 1 aromatic carbocycles. The number of benzene rings is 1. The van der Waals surface area contributed by atoms with E-state index in [0.29, 0.717) is 10.2 Å². The predicted octanol–water partition coefficient (Wildman–Crippen LogP) is 2.34. The average Bonchev–Trinajstić information content (AvgIpc) is 2.71. The lowest BCUT2D eigenvalue weighted by atomic mass is 10.3. The van der Waals surface area contributed by atoms with E-state index >= 15 is 0 Å². The predicted molar refractivity (Wildman–Crippen MR) is 86.9 cm³/mol. The van der Waals surface area contributed by atoms with Crippen molar-refractivity contribution in [1.82, 2.24) is 9.36 Å². The molecule has 2 aromatic rings. The Morgan fingerprint density at radius 2 is 2.00 bits per heavy atom. The van der Waals surface area contributed by atoms with Gasteiger partial charge >= 0.3 is 5.97 Å². The number of nitrogens with zero attached hydrogens (tertiary/aromatic N) is 2. The molecule has 5 nitrogen and oxygen atoms in total. The summed E-state index contributed by atoms with van der Waals surface area (Å²) < 4.78 is 8.51. The first-order valence-corrected chi connectivity index (χ1v) is 8.17. The first kappa shape index (κ1) is 15.9. The molecule has 21 heavy (non-hydrogen) atoms. The number of aromatic nitrogens is 2. The SMILES string of the molecule is COC(=O)CSCc1c(Br)c(=O)n(-c2ccccc2)n1C. The van der Waals surface area contributed by atoms with Gasteiger partial charge in [-0.05, 0) is 28.1 Å². The summed E-state index contributed by atoms with van der Waals surface area (Å²) in [4.78, 5) is 23.5. The lowest BCUT2D eigenvalue weighted by Gasteiger charge is -2.09. The number of carbonyl (C=O) groups excluding carboxylic acids is 1. The van der Waals surface area contributed by atoms with Crippen molar-refractivity contribution < 1.29 is 9.53 Å². The topological polar surface area (TPSA) is 53.2 Å². The lowest BCUT2D eigenvalue weighted by Crippen LogP contribution is -2.19. The molecule has 0 N–H and O–H groups in total. The van der Waals surface area contributed by atoms with E-state index in [1.54, 1.807) is 9.36 Å². The van der Waals surface area contributed by atoms with Gasteiger partial charge in [0.25, 0.3) is 5.56 Å². The van der Waals surface area contributed by atoms with Crippen molar-refractivity contribution in [3.63, 3.8) is 0 Å². The summed E-state index contributed by atoms with van der Waals surface area (Å²) in [5.41, 5.74) is 1.52. The molecule has 0 radical (unpaired) electrons. The molecule has 0 spiro atoms. The van der Waals surface area contributed by atoms with Crippen molar-refractivity contribution in [2.45, 2.75) is 5.75 Å². The van der Waals surface area contributed by atoms with Crippen LogP contribution in [0.4, 0.5) is 0 Å². The molecule has 0 fully saturated rings. The molecule has 1 aromatic heterocycles. The van der Waals surface area contributed by atoms with Crippen LogP contribution < -0.4 is 5.56 Å². The number of hydrogen-bond acceptors (Lipinski definition) is 4. The molecule has 0 aliphatic rings. The van der Waals surface area contributed by atoms with Gasteiger partial charge in [-0.25, -0.2) is 4.68 Å². The number of thioether (sulfide) groups is 1. The average molecular weight is 371 g/mol. The Morgan fingerprint density at radius 1 is 1.33 bits per heavy atom. The smallest absolute Gasteiger partial charge is 0.315 e. The largest absolute Gasteiger partial charge is 0.468 e. The molecule has 0 saturated carbocycles. The maximum absolute atomic E-state index is 12.4. The van der Waals surface area contributed by atoms with Gasteiger partial charge in [-0.3, -0.25) is 14.3 Å². The minimum atomic E-state index is -0.274. The molecule has 0 amide bonds. The summed E-state index contributed by atoms with van der Waals surface area (Å²) >= 11 is 4.76. The van der Waals surface area contributed by atoms with E-state index in [2.05, 4.69) is 20.7 Å². The van der Waals surface area contributed by atoms with E-state index in [1.807, 2.05) is 37.4 Å². The van der Waals surface area contributed by atoms with E-state index < -0.39 is 0 Å². The Balaban J connectivity index is 2.29. The van der Waals surface area contributed by atoms with Gasteiger partial charge in [0, 0.05) is 12.8 Å². The van der Waals surface area contributed by atoms with Gasteiger partial charge < -0.3 is 4.74 Å². The second-order valence-corrected chi connectivity index (χ2v) is 6.08. The quantitative estimate of drug-likeness (QED) is 0.758. The van der Waals surface area contributed by atoms with Crippen LogP contribution in [0.1, 0.15) is 5.69 Å². The Bertz CT molecular complexity index is 694. The second-order valence-electron chi connectivity index (χ2n) is 4.31. The van der Waals surface area contributed by atoms with E-state index in [9.17, 15) is 9.59 Å². The highest BCUT2D eigenvalue weighted by Crippen LogP contribution is 2.20. The minimum Gasteiger partial charge on any atom is -0.468 e. The maximum atomic E-state index is 12.4. The summed E-state index contributed by atoms with van der Waals surface area (Å²) in [6.07, 6.45) is 0. The molecule has 7 heteroatoms. The number of esters is 1. The van der Waals surface area contributed by atoms with Crippen LogP contribution in [0, 0.1) is 0 Å². The first-order chi connectivity index (χ1) is 10.1. The van der Waals surface area contributed by atoms with Crippen LogP contribution in [0.2, 0.25) is 0 Å². The lowest BCUT2D eigenvalue weighted by molar-refractivity contribution is -0.137. The molecule has 2 rings (SSSR count). The van der Waals surface area contributed by atoms with Crippen LogP contribution in [0.15, 0.2) is 39.6 Å². The van der Waals surface area contributed by atoms with E-state index in [1.165, 1.54) is 18.9 Å². The number of para-hydroxylation sites is 1. The van der Waals surface area contributed by atoms with Crippen LogP contribution in [0.25, 0.3) is 5.69 Å². The molecule has 0 unspecified atom stereocenters. The van der Waals surface area contributed by atoms with Gasteiger partial charge in [0.1, 0.15) is 4.47 Å². The van der Waals surface area contributed by atoms with Crippen molar-refractivity contribution in [3.8, 4) is 5.69 Å². The summed E-state index contributed by atoms with van der Waals surface area (Å²) in [7, 11) is 3.19. The van der Waals surface area contributed by atoms with Crippen molar-refractivity contribution in [1.29, 1.82) is 0 Å². The zero-order chi connectivity index (χ0) is 15.4. The van der Waals surface area contributed by atoms with Crippen molar-refractivity contribution >= 4 is 33.7 Å². The van der Waals surface area contributed by atoms with Gasteiger partial charge in [0.15, 0.2) is 0 Å². The third kappa shape index (κ3) is 3.41. The fourth-order valence-electron chi connectivity index (χ4n) is 1.92. The molecule has 0 saturated heterocycles. The Hall–Kier alpha value is -1.47. The minimum absolute atomic E-state index is 0.114. The van der Waals surface area contributed by atoms with Crippen molar-refractivity contribution in [2.24, 2.45) is 7.05 Å². The standard InChI is InChI=1S/C14H15BrN2O3S/c1-16-11(8-21-9-12(18)20-2)13(15)14(19)17(16)10-6-4-3-5-7-10/h3-7H,8-9H2,1-2H3. The highest BCUT2D eigenvalue weighted by molar-refractivity contribution is 9.10. The van der Waals surface area contributed by atoms with Crippen LogP contribution in [-0.4, -0.2) is 28.2 Å². The number of methoxy groups -OCH3 is 1. The molecular formula is C14H15BrN2O3S. The van der Waals surface area contributed by atoms with E-state index in [4.69, 9.17) is 0 Å². The van der Waals surface area contributed by atoms with Crippen LogP contribution in [0.3, 0.4) is 0 Å². The molecule has 1 heterocycles. The monoisotopic (exact) mass is 370 g/mol. The summed E-state index contributed by atoms with van der Waals surface area (Å²) in [5.74, 6) is 0.526. The van der Waals surface area contributed by atoms with Crippen LogP contribution in [0.5, 0.6) is 0 Å². The fraction of sp³-hybridized carbons (Fsp3) is 0.286. The number of carbonyl (C=O) groups is 1. The Kier molecular flexibility index (Phi) is 5.30. The number of rotatable bonds is 5. The van der Waals surface area contributed by atoms with Gasteiger partial charge in [-0.15, -0.1) is 11.8 Å². The Morgan fingerprint density at radius 3 is 2.62 bits per heavy atom. The number of ether oxygens (including phenoxy) is 1. The first-order valence-electron chi connectivity index (χ1n) is 6.22. The van der Waals surface area contributed by atoms with Crippen LogP contribution >= 0.6 is 27.7 Å². The fourth-order valence-corrected chi connectivity index (χ4v) is 3.58. The van der Waals surface area contributed by atoms with Gasteiger partial charge in [0.2, 0.25) is 0 Å². The maximum Gasteiger partial charge on any atom is 0.315 e. The molecule has 0 bridgehead atoms. The second kappa shape index (κ2) is 7.00. The zero-order valence-corrected chi connectivity index (χ0v) is 14.1. The van der Waals surface area contributed by atoms with E-state index in [-0.39, 0.29) is 17.3 Å². The molecule has 0 aliphatic carbocycles. The highest BCUT2D eigenvalue weighted by Gasteiger charge is 2.17.